The maximum Gasteiger partial charge on any atom is 2.00 e. The summed E-state index contributed by atoms with van der Waals surface area (Å²) < 4.78 is 0. The van der Waals surface area contributed by atoms with Crippen molar-refractivity contribution in [3.05, 3.63) is 35.4 Å². The summed E-state index contributed by atoms with van der Waals surface area (Å²) in [4.78, 5) is 0. The molecule has 0 aliphatic heterocycles. The summed E-state index contributed by atoms with van der Waals surface area (Å²) in [5.41, 5.74) is 2.64. The molecule has 0 aliphatic rings. The Morgan fingerprint density at radius 2 is 1.25 bits per heavy atom. The molecule has 0 bridgehead atoms. The molecule has 0 N–H and O–H groups in total. The molecular formula is C12H17BrClLiMg. The minimum atomic E-state index is 0. The summed E-state index contributed by atoms with van der Waals surface area (Å²) in [6.45, 7) is 8.82. The van der Waals surface area contributed by atoms with Crippen molar-refractivity contribution >= 4 is 23.1 Å². The standard InChI is InChI=1S/C12H17.BrH.ClH.Li.Mg/c1-9(2)11-6-5-7-12(8-11)10(3)4;;;;/h5-7,9-10H,1-4H3;2*1H;;/q-1;;;+1;+2/p-2. The molecule has 82 valence electrons. The van der Waals surface area contributed by atoms with Crippen molar-refractivity contribution in [2.24, 2.45) is 0 Å². The molecule has 0 aromatic heterocycles. The van der Waals surface area contributed by atoms with Gasteiger partial charge in [0.15, 0.2) is 0 Å². The van der Waals surface area contributed by atoms with E-state index in [-0.39, 0.29) is 71.3 Å². The predicted molar refractivity (Wildman–Crippen MR) is 59.2 cm³/mol. The Balaban J connectivity index is -0.000000180. The smallest absolute Gasteiger partial charge is 1.00 e. The fraction of sp³-hybridized carbons (Fsp3) is 0.500. The second-order valence-corrected chi connectivity index (χ2v) is 3.87. The van der Waals surface area contributed by atoms with Crippen LogP contribution in [-0.4, -0.2) is 23.1 Å². The van der Waals surface area contributed by atoms with Gasteiger partial charge in [0.05, 0.1) is 0 Å². The Labute approximate surface area is 145 Å². The van der Waals surface area contributed by atoms with Crippen molar-refractivity contribution in [2.45, 2.75) is 39.5 Å². The quantitative estimate of drug-likeness (QED) is 0.378. The summed E-state index contributed by atoms with van der Waals surface area (Å²) in [6, 6.07) is 9.87. The second-order valence-electron chi connectivity index (χ2n) is 3.87. The Kier molecular flexibility index (Phi) is 20.8. The van der Waals surface area contributed by atoms with Crippen LogP contribution in [0.3, 0.4) is 0 Å². The Morgan fingerprint density at radius 3 is 1.50 bits per heavy atom. The number of rotatable bonds is 2. The topological polar surface area (TPSA) is 0 Å². The molecule has 1 rings (SSSR count). The van der Waals surface area contributed by atoms with Gasteiger partial charge in [0.2, 0.25) is 0 Å². The average Bonchev–Trinajstić information content (AvgIpc) is 2.04. The zero-order valence-corrected chi connectivity index (χ0v) is 14.6. The van der Waals surface area contributed by atoms with Gasteiger partial charge in [-0.3, -0.25) is 0 Å². The van der Waals surface area contributed by atoms with Crippen molar-refractivity contribution in [1.29, 1.82) is 0 Å². The Bertz CT molecular complexity index is 244. The summed E-state index contributed by atoms with van der Waals surface area (Å²) in [5.74, 6) is 1.17. The number of hydrogen-bond donors (Lipinski definition) is 0. The van der Waals surface area contributed by atoms with Crippen molar-refractivity contribution in [2.75, 3.05) is 0 Å². The number of hydrogen-bond acceptors (Lipinski definition) is 0. The Morgan fingerprint density at radius 1 is 0.938 bits per heavy atom. The van der Waals surface area contributed by atoms with E-state index in [0.29, 0.717) is 11.8 Å². The molecule has 16 heavy (non-hydrogen) atoms. The van der Waals surface area contributed by atoms with E-state index < -0.39 is 0 Å². The van der Waals surface area contributed by atoms with Crippen LogP contribution in [0.15, 0.2) is 18.2 Å². The predicted octanol–water partition coefficient (Wildman–Crippen LogP) is -5.64. The van der Waals surface area contributed by atoms with E-state index in [2.05, 4.69) is 52.0 Å². The van der Waals surface area contributed by atoms with E-state index in [1.807, 2.05) is 0 Å². The molecule has 0 heterocycles. The minimum absolute atomic E-state index is 0. The van der Waals surface area contributed by atoms with Gasteiger partial charge in [0, 0.05) is 0 Å². The first-order valence-corrected chi connectivity index (χ1v) is 4.63. The van der Waals surface area contributed by atoms with Crippen molar-refractivity contribution < 1.29 is 48.2 Å². The third-order valence-corrected chi connectivity index (χ3v) is 2.08. The van der Waals surface area contributed by atoms with Crippen molar-refractivity contribution in [3.63, 3.8) is 0 Å². The largest absolute Gasteiger partial charge is 2.00 e. The first kappa shape index (κ1) is 26.0. The van der Waals surface area contributed by atoms with Gasteiger partial charge in [0.25, 0.3) is 0 Å². The molecule has 0 saturated heterocycles. The first-order chi connectivity index (χ1) is 5.61. The van der Waals surface area contributed by atoms with Gasteiger partial charge in [0.1, 0.15) is 0 Å². The monoisotopic (exact) mass is 306 g/mol. The zero-order valence-electron chi connectivity index (χ0n) is 10.8. The van der Waals surface area contributed by atoms with Gasteiger partial charge in [-0.1, -0.05) is 27.7 Å². The number of halogens is 2. The van der Waals surface area contributed by atoms with Gasteiger partial charge < -0.3 is 29.4 Å². The van der Waals surface area contributed by atoms with Crippen LogP contribution in [0.25, 0.3) is 0 Å². The normalized spacial score (nSPS) is 8.38. The van der Waals surface area contributed by atoms with Crippen LogP contribution in [0, 0.1) is 6.07 Å². The van der Waals surface area contributed by atoms with Crippen LogP contribution in [0.4, 0.5) is 0 Å². The van der Waals surface area contributed by atoms with E-state index >= 15 is 0 Å². The summed E-state index contributed by atoms with van der Waals surface area (Å²) in [6.07, 6.45) is 0. The SMILES string of the molecule is CC(C)c1[c-]c(C(C)C)ccc1.[Br-].[Cl-].[Li+].[Mg+2]. The fourth-order valence-corrected chi connectivity index (χ4v) is 1.18. The maximum absolute atomic E-state index is 3.44. The summed E-state index contributed by atoms with van der Waals surface area (Å²) in [7, 11) is 0. The van der Waals surface area contributed by atoms with E-state index in [1.165, 1.54) is 11.1 Å². The Hall–Kier alpha value is 1.35. The maximum atomic E-state index is 3.44. The molecule has 4 heteroatoms. The molecule has 0 aliphatic carbocycles. The molecule has 1 aromatic carbocycles. The molecule has 0 radical (unpaired) electrons. The van der Waals surface area contributed by atoms with E-state index in [4.69, 9.17) is 0 Å². The first-order valence-electron chi connectivity index (χ1n) is 4.63. The average molecular weight is 308 g/mol. The van der Waals surface area contributed by atoms with Crippen LogP contribution in [-0.2, 0) is 0 Å². The van der Waals surface area contributed by atoms with E-state index in [0.717, 1.165) is 0 Å². The molecule has 0 nitrogen and oxygen atoms in total. The molecule has 0 saturated carbocycles. The van der Waals surface area contributed by atoms with E-state index in [9.17, 15) is 0 Å². The van der Waals surface area contributed by atoms with Crippen molar-refractivity contribution in [1.82, 2.24) is 0 Å². The van der Waals surface area contributed by atoms with Crippen molar-refractivity contribution in [3.8, 4) is 0 Å². The van der Waals surface area contributed by atoms with Gasteiger partial charge in [-0.05, 0) is 11.8 Å². The molecule has 0 amide bonds. The van der Waals surface area contributed by atoms with Crippen LogP contribution in [0.1, 0.15) is 50.7 Å². The van der Waals surface area contributed by atoms with Crippen LogP contribution >= 0.6 is 0 Å². The van der Waals surface area contributed by atoms with Gasteiger partial charge in [-0.25, -0.2) is 0 Å². The molecule has 1 aromatic rings. The summed E-state index contributed by atoms with van der Waals surface area (Å²) >= 11 is 0. The third-order valence-electron chi connectivity index (χ3n) is 2.08. The van der Waals surface area contributed by atoms with Gasteiger partial charge >= 0.3 is 41.9 Å². The zero-order chi connectivity index (χ0) is 9.14. The van der Waals surface area contributed by atoms with Crippen LogP contribution < -0.4 is 48.2 Å². The van der Waals surface area contributed by atoms with Crippen LogP contribution in [0.5, 0.6) is 0 Å². The van der Waals surface area contributed by atoms with E-state index in [1.54, 1.807) is 0 Å². The minimum Gasteiger partial charge on any atom is -1.00 e. The third kappa shape index (κ3) is 8.45. The number of benzene rings is 1. The second kappa shape index (κ2) is 12.8. The molecule has 0 spiro atoms. The molecule has 0 unspecified atom stereocenters. The van der Waals surface area contributed by atoms with Gasteiger partial charge in [-0.2, -0.15) is 35.4 Å². The molecule has 0 fully saturated rings. The fourth-order valence-electron chi connectivity index (χ4n) is 1.18. The summed E-state index contributed by atoms with van der Waals surface area (Å²) in [5, 5.41) is 0. The molecular weight excluding hydrogens is 291 g/mol. The molecule has 0 atom stereocenters. The van der Waals surface area contributed by atoms with Crippen LogP contribution in [0.2, 0.25) is 0 Å². The van der Waals surface area contributed by atoms with Gasteiger partial charge in [-0.15, -0.1) is 0 Å².